The second-order valence-electron chi connectivity index (χ2n) is 3.26. The van der Waals surface area contributed by atoms with Crippen LogP contribution in [0.3, 0.4) is 0 Å². The van der Waals surface area contributed by atoms with Crippen molar-refractivity contribution >= 4 is 11.9 Å². The fourth-order valence-corrected chi connectivity index (χ4v) is 2.42. The zero-order chi connectivity index (χ0) is 16.3. The van der Waals surface area contributed by atoms with E-state index in [9.17, 15) is 35.9 Å². The van der Waals surface area contributed by atoms with Crippen molar-refractivity contribution in [3.05, 3.63) is 27.8 Å². The van der Waals surface area contributed by atoms with E-state index in [2.05, 4.69) is 7.80 Å². The Labute approximate surface area is 123 Å². The summed E-state index contributed by atoms with van der Waals surface area (Å²) in [6.07, 6.45) is -10.5. The van der Waals surface area contributed by atoms with Gasteiger partial charge in [0.1, 0.15) is 0 Å². The third kappa shape index (κ3) is 5.40. The number of benzene rings is 1. The van der Waals surface area contributed by atoms with Gasteiger partial charge in [-0.1, -0.05) is 0 Å². The SMILES string of the molecule is O=C(O[I-]c1ccccc1OC(=O)C(F)(F)F)C(F)(F)F. The molecule has 1 aromatic carbocycles. The van der Waals surface area contributed by atoms with Gasteiger partial charge in [-0.3, -0.25) is 0 Å². The summed E-state index contributed by atoms with van der Waals surface area (Å²) in [7, 11) is 0. The van der Waals surface area contributed by atoms with Gasteiger partial charge >= 0.3 is 123 Å². The Hall–Kier alpha value is -1.53. The molecule has 0 aliphatic rings. The number of alkyl halides is 6. The van der Waals surface area contributed by atoms with Gasteiger partial charge in [0.2, 0.25) is 0 Å². The molecule has 0 spiro atoms. The molecule has 1 aromatic rings. The van der Waals surface area contributed by atoms with Gasteiger partial charge in [0.15, 0.2) is 0 Å². The van der Waals surface area contributed by atoms with E-state index in [-0.39, 0.29) is 3.57 Å². The summed E-state index contributed by atoms with van der Waals surface area (Å²) in [6, 6.07) is 4.52. The first-order valence-corrected chi connectivity index (χ1v) is 6.78. The first-order chi connectivity index (χ1) is 9.51. The zero-order valence-corrected chi connectivity index (χ0v) is 11.7. The molecule has 0 N–H and O–H groups in total. The number of esters is 1. The second kappa shape index (κ2) is 6.49. The third-order valence-electron chi connectivity index (χ3n) is 1.69. The standard InChI is InChI=1S/C10H4F6IO4/c11-9(12,13)7(18)20-6-4-2-1-3-5(6)17-21-8(19)10(14,15)16/h1-4H/q-1. The molecule has 0 aromatic heterocycles. The van der Waals surface area contributed by atoms with Gasteiger partial charge in [-0.05, 0) is 0 Å². The average molecular weight is 429 g/mol. The topological polar surface area (TPSA) is 52.6 Å². The number of hydrogen-bond donors (Lipinski definition) is 0. The Morgan fingerprint density at radius 2 is 1.43 bits per heavy atom. The molecule has 0 amide bonds. The van der Waals surface area contributed by atoms with E-state index in [1.807, 2.05) is 0 Å². The van der Waals surface area contributed by atoms with Crippen LogP contribution in [0.2, 0.25) is 0 Å². The Bertz CT molecular complexity index is 539. The molecule has 0 heterocycles. The van der Waals surface area contributed by atoms with Crippen LogP contribution in [0, 0.1) is 3.57 Å². The van der Waals surface area contributed by atoms with Crippen molar-refractivity contribution in [1.29, 1.82) is 0 Å². The van der Waals surface area contributed by atoms with E-state index in [4.69, 9.17) is 0 Å². The number of halogens is 7. The monoisotopic (exact) mass is 429 g/mol. The minimum absolute atomic E-state index is 0.216. The molecule has 0 radical (unpaired) electrons. The summed E-state index contributed by atoms with van der Waals surface area (Å²) in [4.78, 5) is 21.2. The van der Waals surface area contributed by atoms with Crippen molar-refractivity contribution in [3.8, 4) is 5.75 Å². The fourth-order valence-electron chi connectivity index (χ4n) is 0.869. The maximum absolute atomic E-state index is 12.0. The minimum atomic E-state index is -5.26. The van der Waals surface area contributed by atoms with E-state index in [1.165, 1.54) is 12.1 Å². The van der Waals surface area contributed by atoms with Gasteiger partial charge in [-0.25, -0.2) is 0 Å². The van der Waals surface area contributed by atoms with E-state index < -0.39 is 51.7 Å². The summed E-state index contributed by atoms with van der Waals surface area (Å²) in [5.41, 5.74) is 0. The maximum atomic E-state index is 12.0. The van der Waals surface area contributed by atoms with Gasteiger partial charge in [0.05, 0.1) is 0 Å². The van der Waals surface area contributed by atoms with Crippen LogP contribution >= 0.6 is 0 Å². The predicted octanol–water partition coefficient (Wildman–Crippen LogP) is -0.567. The summed E-state index contributed by atoms with van der Waals surface area (Å²) in [5, 5.41) is 0. The van der Waals surface area contributed by atoms with Crippen LogP contribution in [-0.4, -0.2) is 24.3 Å². The van der Waals surface area contributed by atoms with E-state index >= 15 is 0 Å². The summed E-state index contributed by atoms with van der Waals surface area (Å²) in [6.45, 7) is 0. The molecule has 0 bridgehead atoms. The number of ether oxygens (including phenoxy) is 1. The van der Waals surface area contributed by atoms with E-state index in [1.54, 1.807) is 0 Å². The van der Waals surface area contributed by atoms with Crippen LogP contribution in [0.1, 0.15) is 0 Å². The molecule has 0 fully saturated rings. The molecule has 0 aliphatic heterocycles. The quantitative estimate of drug-likeness (QED) is 0.280. The van der Waals surface area contributed by atoms with Crippen LogP contribution in [0.5, 0.6) is 5.75 Å². The molecule has 0 atom stereocenters. The predicted molar refractivity (Wildman–Crippen MR) is 49.0 cm³/mol. The van der Waals surface area contributed by atoms with Crippen LogP contribution in [0.15, 0.2) is 24.3 Å². The molecule has 4 nitrogen and oxygen atoms in total. The third-order valence-corrected chi connectivity index (χ3v) is 3.68. The Morgan fingerprint density at radius 3 is 1.95 bits per heavy atom. The van der Waals surface area contributed by atoms with Gasteiger partial charge in [0, 0.05) is 0 Å². The number of para-hydroxylation sites is 1. The van der Waals surface area contributed by atoms with Crippen LogP contribution in [0.4, 0.5) is 26.3 Å². The summed E-state index contributed by atoms with van der Waals surface area (Å²) < 4.78 is 79.7. The number of hydrogen-bond acceptors (Lipinski definition) is 4. The number of rotatable bonds is 3. The van der Waals surface area contributed by atoms with Gasteiger partial charge < -0.3 is 0 Å². The van der Waals surface area contributed by atoms with Crippen molar-refractivity contribution in [2.75, 3.05) is 0 Å². The Morgan fingerprint density at radius 1 is 0.905 bits per heavy atom. The first kappa shape index (κ1) is 17.5. The summed E-state index contributed by atoms with van der Waals surface area (Å²) >= 11 is -2.08. The van der Waals surface area contributed by atoms with Gasteiger partial charge in [-0.2, -0.15) is 0 Å². The van der Waals surface area contributed by atoms with Crippen molar-refractivity contribution in [2.24, 2.45) is 0 Å². The van der Waals surface area contributed by atoms with Crippen LogP contribution < -0.4 is 26.4 Å². The molecule has 0 unspecified atom stereocenters. The number of carbonyl (C=O) groups is 2. The van der Waals surface area contributed by atoms with E-state index in [0.717, 1.165) is 12.1 Å². The fraction of sp³-hybridized carbons (Fsp3) is 0.200. The molecule has 0 saturated carbocycles. The molecule has 1 rings (SSSR count). The van der Waals surface area contributed by atoms with Crippen LogP contribution in [0.25, 0.3) is 0 Å². The normalized spacial score (nSPS) is 12.1. The van der Waals surface area contributed by atoms with Crippen molar-refractivity contribution in [3.63, 3.8) is 0 Å². The average Bonchev–Trinajstić information content (AvgIpc) is 2.35. The molecule has 0 saturated heterocycles. The Balaban J connectivity index is 2.81. The van der Waals surface area contributed by atoms with Gasteiger partial charge in [-0.15, -0.1) is 0 Å². The van der Waals surface area contributed by atoms with Crippen molar-refractivity contribution < 1.29 is 65.4 Å². The number of carbonyl (C=O) groups excluding carboxylic acids is 2. The molecule has 0 aliphatic carbocycles. The van der Waals surface area contributed by atoms with Crippen molar-refractivity contribution in [2.45, 2.75) is 12.4 Å². The van der Waals surface area contributed by atoms with E-state index in [0.29, 0.717) is 0 Å². The molecule has 118 valence electrons. The molecule has 21 heavy (non-hydrogen) atoms. The van der Waals surface area contributed by atoms with Crippen LogP contribution in [-0.2, 0) is 12.7 Å². The molecule has 11 heteroatoms. The first-order valence-electron chi connectivity index (χ1n) is 4.83. The van der Waals surface area contributed by atoms with Gasteiger partial charge in [0.25, 0.3) is 0 Å². The zero-order valence-electron chi connectivity index (χ0n) is 9.59. The molecular formula is C10H4F6IO4-. The summed E-state index contributed by atoms with van der Waals surface area (Å²) in [5.74, 6) is -5.60. The van der Waals surface area contributed by atoms with Crippen molar-refractivity contribution in [1.82, 2.24) is 0 Å². The Kier molecular flexibility index (Phi) is 5.42. The molecular weight excluding hydrogens is 425 g/mol. The second-order valence-corrected chi connectivity index (χ2v) is 5.30.